The summed E-state index contributed by atoms with van der Waals surface area (Å²) in [6.45, 7) is 4.32. The Labute approximate surface area is 153 Å². The predicted octanol–water partition coefficient (Wildman–Crippen LogP) is 4.39. The number of rotatable bonds is 3. The van der Waals surface area contributed by atoms with E-state index in [9.17, 15) is 0 Å². The van der Waals surface area contributed by atoms with Gasteiger partial charge >= 0.3 is 0 Å². The maximum atomic E-state index is 5.05. The molecule has 0 atom stereocenters. The van der Waals surface area contributed by atoms with Crippen LogP contribution < -0.4 is 0 Å². The van der Waals surface area contributed by atoms with E-state index >= 15 is 0 Å². The first-order chi connectivity index (χ1) is 12.6. The Morgan fingerprint density at radius 2 is 1.96 bits per heavy atom. The molecule has 1 aliphatic rings. The van der Waals surface area contributed by atoms with E-state index in [-0.39, 0.29) is 5.54 Å². The molecule has 0 unspecified atom stereocenters. The van der Waals surface area contributed by atoms with Crippen molar-refractivity contribution in [2.24, 2.45) is 10.1 Å². The molecule has 0 N–H and O–H groups in total. The van der Waals surface area contributed by atoms with Crippen LogP contribution in [0.1, 0.15) is 36.1 Å². The number of benzene rings is 2. The first-order valence-corrected chi connectivity index (χ1v) is 8.71. The summed E-state index contributed by atoms with van der Waals surface area (Å²) in [4.78, 5) is 14.6. The standard InChI is InChI=1S/C22H21N3O/c1-22(2)12-19-16(14-24-26-3)8-6-9-18(19)21(25-22)17-11-15-7-4-5-10-20(15)23-13-17/h4-11,13-14H,12H2,1-3H3/b24-14+. The van der Waals surface area contributed by atoms with E-state index < -0.39 is 0 Å². The highest BCUT2D eigenvalue weighted by Crippen LogP contribution is 2.31. The van der Waals surface area contributed by atoms with Gasteiger partial charge in [-0.05, 0) is 38.0 Å². The number of pyridine rings is 1. The molecule has 0 saturated heterocycles. The number of hydrogen-bond acceptors (Lipinski definition) is 4. The highest BCUT2D eigenvalue weighted by Gasteiger charge is 2.29. The summed E-state index contributed by atoms with van der Waals surface area (Å²) in [5.74, 6) is 0. The molecular weight excluding hydrogens is 322 g/mol. The van der Waals surface area contributed by atoms with Crippen LogP contribution >= 0.6 is 0 Å². The van der Waals surface area contributed by atoms with Gasteiger partial charge in [0.05, 0.1) is 23.0 Å². The number of nitrogens with zero attached hydrogens (tertiary/aromatic N) is 3. The van der Waals surface area contributed by atoms with Gasteiger partial charge in [0.25, 0.3) is 0 Å². The van der Waals surface area contributed by atoms with Gasteiger partial charge in [-0.3, -0.25) is 9.98 Å². The maximum Gasteiger partial charge on any atom is 0.106 e. The SMILES string of the molecule is CO/N=C/c1cccc2c1CC(C)(C)N=C2c1cnc2ccccc2c1. The third-order valence-electron chi connectivity index (χ3n) is 4.65. The van der Waals surface area contributed by atoms with Crippen LogP contribution in [0, 0.1) is 0 Å². The normalized spacial score (nSPS) is 15.7. The molecule has 2 aromatic carbocycles. The van der Waals surface area contributed by atoms with Gasteiger partial charge in [0.15, 0.2) is 0 Å². The van der Waals surface area contributed by atoms with Crippen molar-refractivity contribution in [3.63, 3.8) is 0 Å². The van der Waals surface area contributed by atoms with E-state index in [2.05, 4.69) is 48.3 Å². The molecule has 3 aromatic rings. The first kappa shape index (κ1) is 16.5. The molecule has 4 rings (SSSR count). The Bertz CT molecular complexity index is 1030. The molecule has 1 aliphatic heterocycles. The Hall–Kier alpha value is -3.01. The first-order valence-electron chi connectivity index (χ1n) is 8.71. The van der Waals surface area contributed by atoms with Crippen molar-refractivity contribution >= 4 is 22.8 Å². The average Bonchev–Trinajstić information content (AvgIpc) is 2.65. The Balaban J connectivity index is 1.90. The largest absolute Gasteiger partial charge is 0.399 e. The number of para-hydroxylation sites is 1. The third kappa shape index (κ3) is 2.99. The number of aromatic nitrogens is 1. The van der Waals surface area contributed by atoms with Crippen molar-refractivity contribution in [3.05, 3.63) is 77.0 Å². The second-order valence-electron chi connectivity index (χ2n) is 7.16. The molecule has 130 valence electrons. The molecule has 2 heterocycles. The zero-order valence-electron chi connectivity index (χ0n) is 15.2. The number of aliphatic imine (C=N–C) groups is 1. The van der Waals surface area contributed by atoms with Crippen LogP contribution in [0.15, 0.2) is 64.9 Å². The summed E-state index contributed by atoms with van der Waals surface area (Å²) in [7, 11) is 1.56. The lowest BCUT2D eigenvalue weighted by atomic mass is 9.83. The van der Waals surface area contributed by atoms with Crippen molar-refractivity contribution in [2.75, 3.05) is 7.11 Å². The van der Waals surface area contributed by atoms with Gasteiger partial charge in [-0.1, -0.05) is 41.6 Å². The van der Waals surface area contributed by atoms with Gasteiger partial charge in [-0.15, -0.1) is 0 Å². The van der Waals surface area contributed by atoms with Crippen LogP contribution in [0.2, 0.25) is 0 Å². The molecule has 1 aromatic heterocycles. The van der Waals surface area contributed by atoms with Crippen molar-refractivity contribution < 1.29 is 4.84 Å². The highest BCUT2D eigenvalue weighted by atomic mass is 16.6. The van der Waals surface area contributed by atoms with Crippen LogP contribution in [0.5, 0.6) is 0 Å². The van der Waals surface area contributed by atoms with Gasteiger partial charge in [0, 0.05) is 28.3 Å². The Kier molecular flexibility index (Phi) is 4.03. The van der Waals surface area contributed by atoms with E-state index in [4.69, 9.17) is 9.83 Å². The lowest BCUT2D eigenvalue weighted by Gasteiger charge is -2.30. The molecule has 0 amide bonds. The number of fused-ring (bicyclic) bond motifs is 2. The van der Waals surface area contributed by atoms with Crippen molar-refractivity contribution in [2.45, 2.75) is 25.8 Å². The van der Waals surface area contributed by atoms with Crippen LogP contribution in [0.4, 0.5) is 0 Å². The molecular formula is C22H21N3O. The molecule has 0 spiro atoms. The van der Waals surface area contributed by atoms with E-state index in [1.807, 2.05) is 30.5 Å². The number of hydrogen-bond donors (Lipinski definition) is 0. The minimum Gasteiger partial charge on any atom is -0.399 e. The van der Waals surface area contributed by atoms with E-state index in [0.717, 1.165) is 39.7 Å². The van der Waals surface area contributed by atoms with Gasteiger partial charge in [-0.25, -0.2) is 0 Å². The van der Waals surface area contributed by atoms with Gasteiger partial charge < -0.3 is 4.84 Å². The van der Waals surface area contributed by atoms with Crippen LogP contribution in [-0.2, 0) is 11.3 Å². The van der Waals surface area contributed by atoms with Crippen LogP contribution in [-0.4, -0.2) is 29.6 Å². The van der Waals surface area contributed by atoms with Crippen LogP contribution in [0.25, 0.3) is 10.9 Å². The molecule has 0 fully saturated rings. The quantitative estimate of drug-likeness (QED) is 0.523. The van der Waals surface area contributed by atoms with Crippen molar-refractivity contribution in [1.29, 1.82) is 0 Å². The monoisotopic (exact) mass is 343 g/mol. The third-order valence-corrected chi connectivity index (χ3v) is 4.65. The summed E-state index contributed by atoms with van der Waals surface area (Å²) in [6.07, 6.45) is 4.55. The average molecular weight is 343 g/mol. The molecule has 26 heavy (non-hydrogen) atoms. The minimum absolute atomic E-state index is 0.189. The summed E-state index contributed by atoms with van der Waals surface area (Å²) in [6, 6.07) is 16.6. The lowest BCUT2D eigenvalue weighted by molar-refractivity contribution is 0.215. The van der Waals surface area contributed by atoms with E-state index in [0.29, 0.717) is 0 Å². The maximum absolute atomic E-state index is 5.05. The predicted molar refractivity (Wildman–Crippen MR) is 106 cm³/mol. The fraction of sp³-hybridized carbons (Fsp3) is 0.227. The zero-order valence-corrected chi connectivity index (χ0v) is 15.2. The van der Waals surface area contributed by atoms with Gasteiger partial charge in [0.1, 0.15) is 7.11 Å². The van der Waals surface area contributed by atoms with Crippen LogP contribution in [0.3, 0.4) is 0 Å². The molecule has 4 heteroatoms. The summed E-state index contributed by atoms with van der Waals surface area (Å²) in [5.41, 5.74) is 6.29. The fourth-order valence-electron chi connectivity index (χ4n) is 3.51. The topological polar surface area (TPSA) is 46.8 Å². The van der Waals surface area contributed by atoms with E-state index in [1.54, 1.807) is 13.3 Å². The van der Waals surface area contributed by atoms with Gasteiger partial charge in [-0.2, -0.15) is 0 Å². The Morgan fingerprint density at radius 1 is 1.12 bits per heavy atom. The summed E-state index contributed by atoms with van der Waals surface area (Å²) < 4.78 is 0. The molecule has 0 aliphatic carbocycles. The smallest absolute Gasteiger partial charge is 0.106 e. The Morgan fingerprint density at radius 3 is 2.81 bits per heavy atom. The van der Waals surface area contributed by atoms with E-state index in [1.165, 1.54) is 5.56 Å². The van der Waals surface area contributed by atoms with Crippen molar-refractivity contribution in [1.82, 2.24) is 4.98 Å². The highest BCUT2D eigenvalue weighted by molar-refractivity contribution is 6.16. The molecule has 0 radical (unpaired) electrons. The summed E-state index contributed by atoms with van der Waals surface area (Å²) in [5, 5.41) is 5.08. The van der Waals surface area contributed by atoms with Gasteiger partial charge in [0.2, 0.25) is 0 Å². The number of oxime groups is 1. The summed E-state index contributed by atoms with van der Waals surface area (Å²) >= 11 is 0. The minimum atomic E-state index is -0.189. The second-order valence-corrected chi connectivity index (χ2v) is 7.16. The molecule has 0 saturated carbocycles. The fourth-order valence-corrected chi connectivity index (χ4v) is 3.51. The van der Waals surface area contributed by atoms with Crippen molar-refractivity contribution in [3.8, 4) is 0 Å². The molecule has 4 nitrogen and oxygen atoms in total. The second kappa shape index (κ2) is 6.37. The zero-order chi connectivity index (χ0) is 18.1. The molecule has 0 bridgehead atoms. The lowest BCUT2D eigenvalue weighted by Crippen LogP contribution is -2.30.